The number of carbonyl (C=O) groups excluding carboxylic acids is 1. The van der Waals surface area contributed by atoms with E-state index >= 15 is 0 Å². The number of amides is 1. The zero-order chi connectivity index (χ0) is 18.7. The Balaban J connectivity index is 1.55. The van der Waals surface area contributed by atoms with Gasteiger partial charge in [0.15, 0.2) is 4.34 Å². The van der Waals surface area contributed by atoms with Crippen LogP contribution in [0, 0.1) is 13.8 Å². The third-order valence-electron chi connectivity index (χ3n) is 4.03. The molecular weight excluding hydrogens is 364 g/mol. The Kier molecular flexibility index (Phi) is 5.78. The average Bonchev–Trinajstić information content (AvgIpc) is 3.13. The van der Waals surface area contributed by atoms with Gasteiger partial charge in [0.1, 0.15) is 0 Å². The van der Waals surface area contributed by atoms with Gasteiger partial charge in [0.2, 0.25) is 0 Å². The number of nitrogens with zero attached hydrogens (tertiary/aromatic N) is 3. The number of hydrazone groups is 1. The zero-order valence-corrected chi connectivity index (χ0v) is 16.9. The van der Waals surface area contributed by atoms with Gasteiger partial charge in [0.25, 0.3) is 5.91 Å². The first-order valence-corrected chi connectivity index (χ1v) is 10.2. The minimum Gasteiger partial charge on any atom is -0.346 e. The Labute approximate surface area is 161 Å². The van der Waals surface area contributed by atoms with Gasteiger partial charge in [0, 0.05) is 23.0 Å². The van der Waals surface area contributed by atoms with Crippen LogP contribution in [0.4, 0.5) is 0 Å². The van der Waals surface area contributed by atoms with Crippen molar-refractivity contribution >= 4 is 45.4 Å². The molecule has 2 heterocycles. The third-order valence-corrected chi connectivity index (χ3v) is 6.21. The van der Waals surface area contributed by atoms with Crippen LogP contribution in [0.3, 0.4) is 0 Å². The number of carbonyl (C=O) groups is 1. The summed E-state index contributed by atoms with van der Waals surface area (Å²) in [6.45, 7) is 8.46. The van der Waals surface area contributed by atoms with Gasteiger partial charge in [-0.25, -0.2) is 10.4 Å². The summed E-state index contributed by atoms with van der Waals surface area (Å²) in [5, 5.41) is 4.10. The molecule has 0 saturated heterocycles. The maximum atomic E-state index is 12.0. The van der Waals surface area contributed by atoms with Crippen molar-refractivity contribution in [2.75, 3.05) is 5.75 Å². The van der Waals surface area contributed by atoms with Gasteiger partial charge in [-0.2, -0.15) is 5.10 Å². The van der Waals surface area contributed by atoms with E-state index in [2.05, 4.69) is 53.8 Å². The van der Waals surface area contributed by atoms with E-state index in [-0.39, 0.29) is 5.91 Å². The van der Waals surface area contributed by atoms with Crippen LogP contribution in [0.5, 0.6) is 0 Å². The molecule has 0 radical (unpaired) electrons. The van der Waals surface area contributed by atoms with Crippen molar-refractivity contribution in [2.24, 2.45) is 5.10 Å². The van der Waals surface area contributed by atoms with Crippen LogP contribution >= 0.6 is 23.1 Å². The molecule has 0 aliphatic heterocycles. The van der Waals surface area contributed by atoms with Crippen LogP contribution in [-0.2, 0) is 4.79 Å². The largest absolute Gasteiger partial charge is 0.346 e. The number of hydrogen-bond acceptors (Lipinski definition) is 5. The van der Waals surface area contributed by atoms with E-state index in [9.17, 15) is 4.79 Å². The van der Waals surface area contributed by atoms with Crippen LogP contribution in [0.2, 0.25) is 0 Å². The summed E-state index contributed by atoms with van der Waals surface area (Å²) in [5.74, 6) is 0.158. The SMILES string of the molecule is Cc1cc(/C=N\NC(=O)CSc2nc3ccccc3s2)c(C)n1C(C)C. The first-order valence-electron chi connectivity index (χ1n) is 8.44. The molecule has 7 heteroatoms. The van der Waals surface area contributed by atoms with E-state index in [1.165, 1.54) is 17.5 Å². The highest BCUT2D eigenvalue weighted by Crippen LogP contribution is 2.29. The van der Waals surface area contributed by atoms with Crippen molar-refractivity contribution in [1.29, 1.82) is 0 Å². The number of rotatable bonds is 6. The summed E-state index contributed by atoms with van der Waals surface area (Å²) in [4.78, 5) is 16.5. The number of para-hydroxylation sites is 1. The number of thioether (sulfide) groups is 1. The lowest BCUT2D eigenvalue weighted by molar-refractivity contribution is -0.118. The normalized spacial score (nSPS) is 11.7. The average molecular weight is 387 g/mol. The first kappa shape index (κ1) is 18.7. The number of aromatic nitrogens is 2. The zero-order valence-electron chi connectivity index (χ0n) is 15.3. The topological polar surface area (TPSA) is 59.3 Å². The second-order valence-electron chi connectivity index (χ2n) is 6.32. The van der Waals surface area contributed by atoms with E-state index in [0.717, 1.165) is 25.8 Å². The van der Waals surface area contributed by atoms with Gasteiger partial charge in [-0.15, -0.1) is 11.3 Å². The maximum absolute atomic E-state index is 12.0. The second kappa shape index (κ2) is 8.05. The highest BCUT2D eigenvalue weighted by molar-refractivity contribution is 8.01. The van der Waals surface area contributed by atoms with Gasteiger partial charge in [-0.3, -0.25) is 4.79 Å². The van der Waals surface area contributed by atoms with E-state index in [0.29, 0.717) is 11.8 Å². The van der Waals surface area contributed by atoms with Gasteiger partial charge in [-0.05, 0) is 45.9 Å². The lowest BCUT2D eigenvalue weighted by Crippen LogP contribution is -2.19. The van der Waals surface area contributed by atoms with Crippen LogP contribution in [0.1, 0.15) is 36.8 Å². The van der Waals surface area contributed by atoms with Crippen LogP contribution < -0.4 is 5.43 Å². The molecule has 26 heavy (non-hydrogen) atoms. The fourth-order valence-electron chi connectivity index (χ4n) is 2.97. The molecule has 1 aromatic carbocycles. The molecule has 0 saturated carbocycles. The van der Waals surface area contributed by atoms with Crippen molar-refractivity contribution in [3.63, 3.8) is 0 Å². The Morgan fingerprint density at radius 3 is 2.85 bits per heavy atom. The monoisotopic (exact) mass is 386 g/mol. The maximum Gasteiger partial charge on any atom is 0.250 e. The number of hydrogen-bond donors (Lipinski definition) is 1. The molecule has 0 aliphatic rings. The van der Waals surface area contributed by atoms with Crippen molar-refractivity contribution < 1.29 is 4.79 Å². The molecule has 3 rings (SSSR count). The van der Waals surface area contributed by atoms with Crippen LogP contribution in [-0.4, -0.2) is 27.4 Å². The molecule has 0 fully saturated rings. The third kappa shape index (κ3) is 4.16. The summed E-state index contributed by atoms with van der Waals surface area (Å²) in [5.41, 5.74) is 6.94. The van der Waals surface area contributed by atoms with Gasteiger partial charge < -0.3 is 4.57 Å². The summed E-state index contributed by atoms with van der Waals surface area (Å²) >= 11 is 3.03. The van der Waals surface area contributed by atoms with Crippen molar-refractivity contribution in [3.05, 3.63) is 47.3 Å². The quantitative estimate of drug-likeness (QED) is 0.384. The lowest BCUT2D eigenvalue weighted by Gasteiger charge is -2.13. The summed E-state index contributed by atoms with van der Waals surface area (Å²) in [6, 6.07) is 10.5. The molecule has 2 aromatic heterocycles. The molecule has 0 spiro atoms. The van der Waals surface area contributed by atoms with Crippen LogP contribution in [0.15, 0.2) is 39.8 Å². The number of fused-ring (bicyclic) bond motifs is 1. The molecule has 0 aliphatic carbocycles. The number of nitrogens with one attached hydrogen (secondary N) is 1. The van der Waals surface area contributed by atoms with E-state index < -0.39 is 0 Å². The molecule has 0 atom stereocenters. The van der Waals surface area contributed by atoms with Gasteiger partial charge in [0.05, 0.1) is 22.2 Å². The predicted octanol–water partition coefficient (Wildman–Crippen LogP) is 4.54. The standard InChI is InChI=1S/C19H22N4OS2/c1-12(2)23-13(3)9-15(14(23)4)10-20-22-18(24)11-25-19-21-16-7-5-6-8-17(16)26-19/h5-10,12H,11H2,1-4H3,(H,22,24)/b20-10-. The van der Waals surface area contributed by atoms with Gasteiger partial charge in [-0.1, -0.05) is 23.9 Å². The molecule has 136 valence electrons. The molecule has 0 bridgehead atoms. The molecule has 0 unspecified atom stereocenters. The van der Waals surface area contributed by atoms with Crippen molar-refractivity contribution in [3.8, 4) is 0 Å². The Morgan fingerprint density at radius 2 is 2.15 bits per heavy atom. The highest BCUT2D eigenvalue weighted by atomic mass is 32.2. The Morgan fingerprint density at radius 1 is 1.38 bits per heavy atom. The lowest BCUT2D eigenvalue weighted by atomic mass is 10.2. The smallest absolute Gasteiger partial charge is 0.250 e. The second-order valence-corrected chi connectivity index (χ2v) is 8.57. The molecule has 5 nitrogen and oxygen atoms in total. The van der Waals surface area contributed by atoms with Crippen molar-refractivity contribution in [1.82, 2.24) is 15.0 Å². The summed E-state index contributed by atoms with van der Waals surface area (Å²) < 4.78 is 4.28. The number of thiazole rings is 1. The van der Waals surface area contributed by atoms with Crippen molar-refractivity contribution in [2.45, 2.75) is 38.1 Å². The molecular formula is C19H22N4OS2. The molecule has 1 N–H and O–H groups in total. The summed E-state index contributed by atoms with van der Waals surface area (Å²) in [7, 11) is 0. The van der Waals surface area contributed by atoms with Gasteiger partial charge >= 0.3 is 0 Å². The first-order chi connectivity index (χ1) is 12.5. The fraction of sp³-hybridized carbons (Fsp3) is 0.316. The Bertz CT molecular complexity index is 923. The minimum atomic E-state index is -0.136. The minimum absolute atomic E-state index is 0.136. The van der Waals surface area contributed by atoms with E-state index in [1.807, 2.05) is 24.3 Å². The molecule has 1 amide bonds. The predicted molar refractivity (Wildman–Crippen MR) is 110 cm³/mol. The molecule has 3 aromatic rings. The number of benzene rings is 1. The highest BCUT2D eigenvalue weighted by Gasteiger charge is 2.10. The Hall–Kier alpha value is -2.12. The summed E-state index contributed by atoms with van der Waals surface area (Å²) in [6.07, 6.45) is 1.71. The number of aryl methyl sites for hydroxylation is 1. The van der Waals surface area contributed by atoms with Crippen LogP contribution in [0.25, 0.3) is 10.2 Å². The van der Waals surface area contributed by atoms with E-state index in [1.54, 1.807) is 17.6 Å². The van der Waals surface area contributed by atoms with E-state index in [4.69, 9.17) is 0 Å². The fourth-order valence-corrected chi connectivity index (χ4v) is 4.83.